The van der Waals surface area contributed by atoms with Gasteiger partial charge in [0.1, 0.15) is 0 Å². The Hall–Kier alpha value is -1.87. The molecule has 0 aromatic heterocycles. The molecular weight excluding hydrogens is 620 g/mol. The molecule has 0 fully saturated rings. The Morgan fingerprint density at radius 2 is 0.816 bits per heavy atom. The smallest absolute Gasteiger partial charge is 0.407 e. The third kappa shape index (κ3) is 40.4. The second kappa shape index (κ2) is 38.9. The van der Waals surface area contributed by atoms with Gasteiger partial charge in [0, 0.05) is 25.9 Å². The van der Waals surface area contributed by atoms with Crippen LogP contribution in [-0.4, -0.2) is 83.2 Å². The number of amides is 1. The van der Waals surface area contributed by atoms with Gasteiger partial charge in [-0.05, 0) is 52.6 Å². The molecule has 0 unspecified atom stereocenters. The van der Waals surface area contributed by atoms with E-state index < -0.39 is 6.09 Å². The first-order valence-electron chi connectivity index (χ1n) is 20.4. The molecule has 0 aromatic carbocycles. The van der Waals surface area contributed by atoms with E-state index in [9.17, 15) is 14.4 Å². The summed E-state index contributed by atoms with van der Waals surface area (Å²) in [5, 5.41) is 2.67. The van der Waals surface area contributed by atoms with Gasteiger partial charge < -0.3 is 29.2 Å². The largest absolute Gasteiger partial charge is 0.466 e. The van der Waals surface area contributed by atoms with E-state index in [1.807, 2.05) is 19.0 Å². The summed E-state index contributed by atoms with van der Waals surface area (Å²) in [6, 6.07) is 0. The monoisotopic (exact) mass is 699 g/mol. The molecule has 0 atom stereocenters. The number of hydrogen-bond acceptors (Lipinski definition) is 8. The lowest BCUT2D eigenvalue weighted by Crippen LogP contribution is -2.29. The lowest BCUT2D eigenvalue weighted by Gasteiger charge is -2.10. The van der Waals surface area contributed by atoms with Gasteiger partial charge in [-0.2, -0.15) is 0 Å². The average molecular weight is 699 g/mol. The maximum absolute atomic E-state index is 11.9. The number of nitrogens with one attached hydrogen (secondary N) is 1. The van der Waals surface area contributed by atoms with Crippen molar-refractivity contribution in [2.75, 3.05) is 60.2 Å². The topological polar surface area (TPSA) is 103 Å². The highest BCUT2D eigenvalue weighted by Crippen LogP contribution is 2.14. The first-order chi connectivity index (χ1) is 24.0. The van der Waals surface area contributed by atoms with Crippen LogP contribution in [0.3, 0.4) is 0 Å². The van der Waals surface area contributed by atoms with Crippen LogP contribution in [-0.2, 0) is 28.5 Å². The van der Waals surface area contributed by atoms with Crippen molar-refractivity contribution in [3.8, 4) is 0 Å². The van der Waals surface area contributed by atoms with E-state index >= 15 is 0 Å². The fraction of sp³-hybridized carbons (Fsp3) is 0.925. The second-order valence-electron chi connectivity index (χ2n) is 13.9. The van der Waals surface area contributed by atoms with Crippen molar-refractivity contribution in [2.45, 2.75) is 180 Å². The normalized spacial score (nSPS) is 11.2. The number of likely N-dealkylation sites (N-methyl/N-ethyl adjacent to an activating group) is 1. The lowest BCUT2D eigenvalue weighted by atomic mass is 10.0. The number of carbonyl (C=O) groups is 3. The molecule has 1 N–H and O–H groups in total. The van der Waals surface area contributed by atoms with Crippen LogP contribution >= 0.6 is 0 Å². The molecule has 0 rings (SSSR count). The predicted molar refractivity (Wildman–Crippen MR) is 201 cm³/mol. The van der Waals surface area contributed by atoms with Crippen LogP contribution in [0, 0.1) is 0 Å². The summed E-state index contributed by atoms with van der Waals surface area (Å²) in [6.07, 6.45) is 30.1. The van der Waals surface area contributed by atoms with Crippen molar-refractivity contribution >= 4 is 18.0 Å². The summed E-state index contributed by atoms with van der Waals surface area (Å²) in [7, 11) is 3.98. The van der Waals surface area contributed by atoms with Gasteiger partial charge >= 0.3 is 18.0 Å². The van der Waals surface area contributed by atoms with E-state index in [2.05, 4.69) is 12.2 Å². The Labute approximate surface area is 301 Å². The zero-order chi connectivity index (χ0) is 35.9. The van der Waals surface area contributed by atoms with Crippen molar-refractivity contribution in [3.63, 3.8) is 0 Å². The van der Waals surface area contributed by atoms with Crippen molar-refractivity contribution in [1.29, 1.82) is 0 Å². The Bertz CT molecular complexity index is 735. The quantitative estimate of drug-likeness (QED) is 0.0386. The summed E-state index contributed by atoms with van der Waals surface area (Å²) in [5.41, 5.74) is 0. The van der Waals surface area contributed by atoms with Gasteiger partial charge in [-0.25, -0.2) is 4.79 Å². The molecule has 49 heavy (non-hydrogen) atoms. The van der Waals surface area contributed by atoms with Crippen LogP contribution < -0.4 is 5.32 Å². The summed E-state index contributed by atoms with van der Waals surface area (Å²) in [5.74, 6) is -0.111. The van der Waals surface area contributed by atoms with Crippen LogP contribution in [0.25, 0.3) is 0 Å². The SMILES string of the molecule is CCCCCCCCCCOC(=O)CCCCCCCCCCCCCCCCC(=O)OCCCCCOC(=O)NCCOCCN(C)C. The first kappa shape index (κ1) is 47.1. The van der Waals surface area contributed by atoms with Crippen LogP contribution in [0.15, 0.2) is 0 Å². The highest BCUT2D eigenvalue weighted by molar-refractivity contribution is 5.69. The van der Waals surface area contributed by atoms with E-state index in [1.54, 1.807) is 0 Å². The van der Waals surface area contributed by atoms with E-state index in [4.69, 9.17) is 18.9 Å². The highest BCUT2D eigenvalue weighted by atomic mass is 16.6. The Balaban J connectivity index is 3.27. The fourth-order valence-corrected chi connectivity index (χ4v) is 5.58. The molecule has 1 amide bonds. The standard InChI is InChI=1S/C40H78N2O7/c1-4-5-6-7-8-19-22-26-33-47-38(43)29-24-20-17-15-13-11-9-10-12-14-16-18-21-25-30-39(44)48-34-27-23-28-35-49-40(45)41-31-36-46-37-32-42(2)3/h4-37H2,1-3H3,(H,41,45). The van der Waals surface area contributed by atoms with Crippen molar-refractivity contribution < 1.29 is 33.3 Å². The molecule has 0 aromatic rings. The zero-order valence-electron chi connectivity index (χ0n) is 32.3. The molecule has 290 valence electrons. The molecular formula is C40H78N2O7. The first-order valence-corrected chi connectivity index (χ1v) is 20.4. The van der Waals surface area contributed by atoms with Crippen LogP contribution in [0.2, 0.25) is 0 Å². The molecule has 0 radical (unpaired) electrons. The van der Waals surface area contributed by atoms with Crippen LogP contribution in [0.5, 0.6) is 0 Å². The van der Waals surface area contributed by atoms with E-state index in [1.165, 1.54) is 109 Å². The van der Waals surface area contributed by atoms with Crippen LogP contribution in [0.4, 0.5) is 4.79 Å². The van der Waals surface area contributed by atoms with Gasteiger partial charge in [-0.1, -0.05) is 129 Å². The van der Waals surface area contributed by atoms with E-state index in [0.717, 1.165) is 57.9 Å². The fourth-order valence-electron chi connectivity index (χ4n) is 5.58. The molecule has 0 aliphatic rings. The molecule has 0 heterocycles. The highest BCUT2D eigenvalue weighted by Gasteiger charge is 2.05. The van der Waals surface area contributed by atoms with Gasteiger partial charge in [-0.3, -0.25) is 9.59 Å². The molecule has 9 heteroatoms. The summed E-state index contributed by atoms with van der Waals surface area (Å²) in [4.78, 5) is 37.5. The van der Waals surface area contributed by atoms with Gasteiger partial charge in [-0.15, -0.1) is 0 Å². The Kier molecular flexibility index (Phi) is 37.4. The number of ether oxygens (including phenoxy) is 4. The van der Waals surface area contributed by atoms with Gasteiger partial charge in [0.25, 0.3) is 0 Å². The van der Waals surface area contributed by atoms with Gasteiger partial charge in [0.05, 0.1) is 33.0 Å². The van der Waals surface area contributed by atoms with Crippen molar-refractivity contribution in [2.24, 2.45) is 0 Å². The molecule has 0 aliphatic heterocycles. The number of unbranched alkanes of at least 4 members (excludes halogenated alkanes) is 22. The number of carbonyl (C=O) groups excluding carboxylic acids is 3. The summed E-state index contributed by atoms with van der Waals surface area (Å²) >= 11 is 0. The maximum Gasteiger partial charge on any atom is 0.407 e. The second-order valence-corrected chi connectivity index (χ2v) is 13.9. The van der Waals surface area contributed by atoms with Crippen molar-refractivity contribution in [3.05, 3.63) is 0 Å². The Morgan fingerprint density at radius 1 is 0.449 bits per heavy atom. The van der Waals surface area contributed by atoms with Crippen molar-refractivity contribution in [1.82, 2.24) is 10.2 Å². The number of esters is 2. The average Bonchev–Trinajstić information content (AvgIpc) is 3.08. The number of hydrogen-bond donors (Lipinski definition) is 1. The number of nitrogens with zero attached hydrogens (tertiary/aromatic N) is 1. The minimum absolute atomic E-state index is 0.00968. The van der Waals surface area contributed by atoms with Gasteiger partial charge in [0.2, 0.25) is 0 Å². The predicted octanol–water partition coefficient (Wildman–Crippen LogP) is 9.93. The molecule has 0 bridgehead atoms. The Morgan fingerprint density at radius 3 is 1.24 bits per heavy atom. The molecule has 0 aliphatic carbocycles. The molecule has 0 spiro atoms. The van der Waals surface area contributed by atoms with Gasteiger partial charge in [0.15, 0.2) is 0 Å². The maximum atomic E-state index is 11.9. The third-order valence-electron chi connectivity index (χ3n) is 8.76. The minimum Gasteiger partial charge on any atom is -0.466 e. The number of rotatable bonds is 38. The zero-order valence-corrected chi connectivity index (χ0v) is 32.3. The summed E-state index contributed by atoms with van der Waals surface area (Å²) in [6.45, 7) is 6.05. The summed E-state index contributed by atoms with van der Waals surface area (Å²) < 4.78 is 21.3. The van der Waals surface area contributed by atoms with E-state index in [0.29, 0.717) is 52.4 Å². The van der Waals surface area contributed by atoms with E-state index in [-0.39, 0.29) is 11.9 Å². The number of alkyl carbamates (subject to hydrolysis) is 1. The lowest BCUT2D eigenvalue weighted by molar-refractivity contribution is -0.144. The minimum atomic E-state index is -0.419. The van der Waals surface area contributed by atoms with Crippen LogP contribution in [0.1, 0.15) is 180 Å². The molecule has 9 nitrogen and oxygen atoms in total. The third-order valence-corrected chi connectivity index (χ3v) is 8.76. The molecule has 0 saturated carbocycles. The molecule has 0 saturated heterocycles.